The van der Waals surface area contributed by atoms with Gasteiger partial charge in [-0.1, -0.05) is 6.92 Å². The van der Waals surface area contributed by atoms with Crippen LogP contribution in [0.4, 0.5) is 0 Å². The molecule has 1 aromatic carbocycles. The summed E-state index contributed by atoms with van der Waals surface area (Å²) in [7, 11) is 0. The number of esters is 1. The van der Waals surface area contributed by atoms with Crippen LogP contribution in [-0.2, 0) is 34.7 Å². The summed E-state index contributed by atoms with van der Waals surface area (Å²) < 4.78 is 6.85. The predicted octanol–water partition coefficient (Wildman–Crippen LogP) is 3.31. The monoisotopic (exact) mass is 462 g/mol. The van der Waals surface area contributed by atoms with E-state index in [1.165, 1.54) is 0 Å². The van der Waals surface area contributed by atoms with Crippen LogP contribution in [0, 0.1) is 0 Å². The van der Waals surface area contributed by atoms with E-state index >= 15 is 0 Å². The molecule has 8 heteroatoms. The van der Waals surface area contributed by atoms with Gasteiger partial charge in [-0.05, 0) is 49.3 Å². The van der Waals surface area contributed by atoms with Crippen molar-refractivity contribution in [3.63, 3.8) is 0 Å². The molecule has 1 atom stereocenters. The maximum Gasteiger partial charge on any atom is 0.343 e. The summed E-state index contributed by atoms with van der Waals surface area (Å²) in [6, 6.07) is 3.78. The van der Waals surface area contributed by atoms with Crippen LogP contribution >= 0.6 is 11.8 Å². The molecule has 168 valence electrons. The molecule has 1 saturated carbocycles. The fourth-order valence-electron chi connectivity index (χ4n) is 5.69. The van der Waals surface area contributed by atoms with Crippen LogP contribution in [0.1, 0.15) is 59.9 Å². The Morgan fingerprint density at radius 2 is 2.06 bits per heavy atom. The number of benzene rings is 1. The number of hydrogen-bond donors (Lipinski definition) is 2. The first kappa shape index (κ1) is 19.6. The summed E-state index contributed by atoms with van der Waals surface area (Å²) in [6.45, 7) is 1.96. The molecule has 3 aliphatic heterocycles. The zero-order valence-corrected chi connectivity index (χ0v) is 18.9. The number of aliphatic hydroxyl groups is 1. The predicted molar refractivity (Wildman–Crippen MR) is 123 cm³/mol. The standard InChI is InChI=1S/C25H22N2O5S/c1-2-25(31)16-8-18-20-14(9-27(18)23(29)15(16)10-32-24(25)30)12-5-6-33-22-19(12)17(26-20)7-13(21(22)28)11-3-4-11/h7-8,11,28,31H,2-6,9-10H2,1H3/t25-/m0/s1. The van der Waals surface area contributed by atoms with Gasteiger partial charge in [-0.3, -0.25) is 4.79 Å². The molecule has 0 spiro atoms. The Morgan fingerprint density at radius 3 is 2.82 bits per heavy atom. The van der Waals surface area contributed by atoms with Gasteiger partial charge in [0.25, 0.3) is 5.56 Å². The van der Waals surface area contributed by atoms with Gasteiger partial charge in [0, 0.05) is 27.8 Å². The third kappa shape index (κ3) is 2.43. The molecule has 0 radical (unpaired) electrons. The summed E-state index contributed by atoms with van der Waals surface area (Å²) >= 11 is 1.68. The number of rotatable bonds is 2. The number of thioether (sulfide) groups is 1. The molecule has 2 N–H and O–H groups in total. The van der Waals surface area contributed by atoms with Crippen LogP contribution in [0.5, 0.6) is 5.75 Å². The number of aromatic hydroxyl groups is 1. The van der Waals surface area contributed by atoms with Crippen LogP contribution < -0.4 is 5.56 Å². The smallest absolute Gasteiger partial charge is 0.343 e. The maximum atomic E-state index is 13.5. The van der Waals surface area contributed by atoms with Crippen LogP contribution in [-0.4, -0.2) is 31.5 Å². The van der Waals surface area contributed by atoms with E-state index in [0.717, 1.165) is 63.2 Å². The zero-order chi connectivity index (χ0) is 22.6. The first-order valence-electron chi connectivity index (χ1n) is 11.4. The number of aromatic nitrogens is 2. The van der Waals surface area contributed by atoms with E-state index in [1.807, 2.05) is 6.07 Å². The van der Waals surface area contributed by atoms with Crippen LogP contribution in [0.25, 0.3) is 22.3 Å². The quantitative estimate of drug-likeness (QED) is 0.441. The van der Waals surface area contributed by atoms with Crippen LogP contribution in [0.2, 0.25) is 0 Å². The number of phenols is 1. The van der Waals surface area contributed by atoms with Gasteiger partial charge < -0.3 is 19.5 Å². The molecular formula is C25H22N2O5S. The maximum absolute atomic E-state index is 13.5. The van der Waals surface area contributed by atoms with Gasteiger partial charge >= 0.3 is 5.97 Å². The Labute approximate surface area is 193 Å². The molecular weight excluding hydrogens is 440 g/mol. The minimum absolute atomic E-state index is 0.121. The third-order valence-electron chi connectivity index (χ3n) is 7.67. The SMILES string of the molecule is CC[C@@]1(O)C(=O)OCc2c1cc1n(c2=O)Cc2c-1nc1cc(C3CC3)c(O)c3c1c2CCS3. The number of nitrogens with zero attached hydrogens (tertiary/aromatic N) is 2. The lowest BCUT2D eigenvalue weighted by atomic mass is 9.86. The van der Waals surface area contributed by atoms with Crippen molar-refractivity contribution in [1.29, 1.82) is 0 Å². The molecule has 2 aromatic heterocycles. The fourth-order valence-corrected chi connectivity index (χ4v) is 6.82. The zero-order valence-electron chi connectivity index (χ0n) is 18.1. The number of phenolic OH excluding ortho intramolecular Hbond substituents is 1. The molecule has 7 nitrogen and oxygen atoms in total. The lowest BCUT2D eigenvalue weighted by Gasteiger charge is -2.31. The molecule has 0 amide bonds. The lowest BCUT2D eigenvalue weighted by Crippen LogP contribution is -2.44. The summed E-state index contributed by atoms with van der Waals surface area (Å²) in [4.78, 5) is 31.8. The number of pyridine rings is 2. The van der Waals surface area contributed by atoms with E-state index < -0.39 is 11.6 Å². The number of ether oxygens (including phenoxy) is 1. The van der Waals surface area contributed by atoms with Gasteiger partial charge in [-0.15, -0.1) is 11.8 Å². The van der Waals surface area contributed by atoms with Gasteiger partial charge in [0.05, 0.1) is 33.9 Å². The Kier molecular flexibility index (Phi) is 3.80. The molecule has 7 rings (SSSR count). The number of cyclic esters (lactones) is 1. The highest BCUT2D eigenvalue weighted by atomic mass is 32.2. The van der Waals surface area contributed by atoms with E-state index in [-0.39, 0.29) is 18.6 Å². The fraction of sp³-hybridized carbons (Fsp3) is 0.400. The number of fused-ring (bicyclic) bond motifs is 5. The van der Waals surface area contributed by atoms with E-state index in [9.17, 15) is 19.8 Å². The largest absolute Gasteiger partial charge is 0.506 e. The highest BCUT2D eigenvalue weighted by molar-refractivity contribution is 7.99. The Morgan fingerprint density at radius 1 is 1.24 bits per heavy atom. The van der Waals surface area contributed by atoms with Gasteiger partial charge in [0.2, 0.25) is 0 Å². The van der Waals surface area contributed by atoms with E-state index in [4.69, 9.17) is 9.72 Å². The summed E-state index contributed by atoms with van der Waals surface area (Å²) in [6.07, 6.45) is 3.12. The number of aryl methyl sites for hydroxylation is 1. The lowest BCUT2D eigenvalue weighted by molar-refractivity contribution is -0.172. The van der Waals surface area contributed by atoms with Crippen molar-refractivity contribution >= 4 is 28.6 Å². The van der Waals surface area contributed by atoms with Crippen molar-refractivity contribution < 1.29 is 19.7 Å². The van der Waals surface area contributed by atoms with E-state index in [1.54, 1.807) is 29.3 Å². The molecule has 0 bridgehead atoms. The highest BCUT2D eigenvalue weighted by Crippen LogP contribution is 2.52. The molecule has 0 saturated heterocycles. The van der Waals surface area contributed by atoms with Crippen molar-refractivity contribution in [3.05, 3.63) is 50.3 Å². The van der Waals surface area contributed by atoms with Crippen molar-refractivity contribution in [3.8, 4) is 17.1 Å². The summed E-state index contributed by atoms with van der Waals surface area (Å²) in [5.41, 5.74) is 3.90. The molecule has 1 aliphatic carbocycles. The molecule has 33 heavy (non-hydrogen) atoms. The Hall–Kier alpha value is -2.84. The Bertz CT molecular complexity index is 1490. The second kappa shape index (κ2) is 6.39. The number of carbonyl (C=O) groups is 1. The van der Waals surface area contributed by atoms with Crippen LogP contribution in [0.3, 0.4) is 0 Å². The van der Waals surface area contributed by atoms with Crippen molar-refractivity contribution in [2.24, 2.45) is 0 Å². The minimum Gasteiger partial charge on any atom is -0.506 e. The first-order chi connectivity index (χ1) is 15.9. The second-order valence-corrected chi connectivity index (χ2v) is 10.5. The highest BCUT2D eigenvalue weighted by Gasteiger charge is 2.45. The average molecular weight is 463 g/mol. The minimum atomic E-state index is -1.83. The third-order valence-corrected chi connectivity index (χ3v) is 8.76. The van der Waals surface area contributed by atoms with Crippen molar-refractivity contribution in [2.75, 3.05) is 5.75 Å². The van der Waals surface area contributed by atoms with Gasteiger partial charge in [-0.2, -0.15) is 0 Å². The second-order valence-electron chi connectivity index (χ2n) is 9.43. The van der Waals surface area contributed by atoms with Crippen molar-refractivity contribution in [2.45, 2.75) is 62.2 Å². The molecule has 4 aliphatic rings. The molecule has 3 aromatic rings. The molecule has 0 unspecified atom stereocenters. The van der Waals surface area contributed by atoms with Crippen molar-refractivity contribution in [1.82, 2.24) is 9.55 Å². The van der Waals surface area contributed by atoms with Gasteiger partial charge in [-0.25, -0.2) is 9.78 Å². The normalized spacial score (nSPS) is 22.7. The van der Waals surface area contributed by atoms with E-state index in [0.29, 0.717) is 35.0 Å². The number of carbonyl (C=O) groups excluding carboxylic acids is 1. The summed E-state index contributed by atoms with van der Waals surface area (Å²) in [5, 5.41) is 23.1. The Balaban J connectivity index is 1.53. The van der Waals surface area contributed by atoms with E-state index in [2.05, 4.69) is 0 Å². The van der Waals surface area contributed by atoms with Gasteiger partial charge in [0.1, 0.15) is 12.4 Å². The van der Waals surface area contributed by atoms with Crippen LogP contribution in [0.15, 0.2) is 21.8 Å². The average Bonchev–Trinajstić information content (AvgIpc) is 3.60. The summed E-state index contributed by atoms with van der Waals surface area (Å²) in [5.74, 6) is 0.927. The van der Waals surface area contributed by atoms with Gasteiger partial charge in [0.15, 0.2) is 5.60 Å². The first-order valence-corrected chi connectivity index (χ1v) is 12.4. The molecule has 1 fully saturated rings. The topological polar surface area (TPSA) is 102 Å². The molecule has 5 heterocycles. The number of hydrogen-bond acceptors (Lipinski definition) is 7.